The van der Waals surface area contributed by atoms with Gasteiger partial charge in [-0.2, -0.15) is 0 Å². The summed E-state index contributed by atoms with van der Waals surface area (Å²) in [6.07, 6.45) is 14.5. The normalized spacial score (nSPS) is 27.6. The highest BCUT2D eigenvalue weighted by atomic mass is 16.3. The summed E-state index contributed by atoms with van der Waals surface area (Å²) in [5, 5.41) is 13.5. The van der Waals surface area contributed by atoms with Gasteiger partial charge in [-0.15, -0.1) is 0 Å². The van der Waals surface area contributed by atoms with Crippen LogP contribution in [0.1, 0.15) is 70.6 Å². The zero-order valence-corrected chi connectivity index (χ0v) is 10.5. The summed E-state index contributed by atoms with van der Waals surface area (Å²) in [6.45, 7) is 0.337. The van der Waals surface area contributed by atoms with Crippen molar-refractivity contribution in [3.8, 4) is 0 Å². The molecule has 2 aliphatic rings. The smallest absolute Gasteiger partial charge is 0.0613 e. The molecular weight excluding hydrogens is 198 g/mol. The Morgan fingerprint density at radius 3 is 2.00 bits per heavy atom. The number of nitrogens with one attached hydrogen (secondary N) is 1. The molecule has 2 N–H and O–H groups in total. The fourth-order valence-electron chi connectivity index (χ4n) is 3.43. The van der Waals surface area contributed by atoms with Crippen LogP contribution < -0.4 is 5.32 Å². The average molecular weight is 225 g/mol. The van der Waals surface area contributed by atoms with Gasteiger partial charge in [0.15, 0.2) is 0 Å². The minimum atomic E-state index is 0.0680. The Bertz CT molecular complexity index is 191. The molecule has 2 saturated carbocycles. The average Bonchev–Trinajstić information content (AvgIpc) is 2.57. The topological polar surface area (TPSA) is 32.3 Å². The van der Waals surface area contributed by atoms with Crippen LogP contribution in [0.3, 0.4) is 0 Å². The van der Waals surface area contributed by atoms with Crippen molar-refractivity contribution >= 4 is 0 Å². The van der Waals surface area contributed by atoms with E-state index in [0.717, 1.165) is 0 Å². The Labute approximate surface area is 99.8 Å². The molecule has 0 unspecified atom stereocenters. The first kappa shape index (κ1) is 12.4. The molecule has 0 aromatic rings. The summed E-state index contributed by atoms with van der Waals surface area (Å²) < 4.78 is 0. The molecule has 0 saturated heterocycles. The molecule has 2 fully saturated rings. The van der Waals surface area contributed by atoms with Crippen LogP contribution in [0.2, 0.25) is 0 Å². The summed E-state index contributed by atoms with van der Waals surface area (Å²) in [7, 11) is 0. The molecule has 2 aliphatic carbocycles. The van der Waals surface area contributed by atoms with Crippen LogP contribution in [-0.2, 0) is 0 Å². The van der Waals surface area contributed by atoms with Gasteiger partial charge < -0.3 is 10.4 Å². The Hall–Kier alpha value is -0.0800. The Kier molecular flexibility index (Phi) is 4.66. The van der Waals surface area contributed by atoms with E-state index in [1.807, 2.05) is 0 Å². The van der Waals surface area contributed by atoms with Crippen molar-refractivity contribution in [2.75, 3.05) is 6.61 Å². The molecular formula is C14H27NO. The second-order valence-electron chi connectivity index (χ2n) is 5.83. The lowest BCUT2D eigenvalue weighted by atomic mass is 9.87. The van der Waals surface area contributed by atoms with Crippen molar-refractivity contribution in [3.05, 3.63) is 0 Å². The highest BCUT2D eigenvalue weighted by Gasteiger charge is 2.32. The fourth-order valence-corrected chi connectivity index (χ4v) is 3.43. The lowest BCUT2D eigenvalue weighted by Crippen LogP contribution is -2.53. The van der Waals surface area contributed by atoms with Crippen molar-refractivity contribution in [2.45, 2.75) is 82.2 Å². The van der Waals surface area contributed by atoms with Gasteiger partial charge in [-0.3, -0.25) is 0 Å². The van der Waals surface area contributed by atoms with E-state index >= 15 is 0 Å². The second-order valence-corrected chi connectivity index (χ2v) is 5.83. The van der Waals surface area contributed by atoms with Gasteiger partial charge >= 0.3 is 0 Å². The standard InChI is InChI=1S/C14H27NO/c16-12-14(10-6-1-2-7-11-14)15-13-8-4-3-5-9-13/h13,15-16H,1-12H2. The largest absolute Gasteiger partial charge is 0.394 e. The molecule has 0 atom stereocenters. The maximum absolute atomic E-state index is 9.73. The third-order valence-corrected chi connectivity index (χ3v) is 4.48. The third kappa shape index (κ3) is 3.21. The van der Waals surface area contributed by atoms with Crippen molar-refractivity contribution in [1.29, 1.82) is 0 Å². The molecule has 0 spiro atoms. The van der Waals surface area contributed by atoms with Crippen LogP contribution in [0, 0.1) is 0 Å². The molecule has 94 valence electrons. The van der Waals surface area contributed by atoms with Crippen molar-refractivity contribution < 1.29 is 5.11 Å². The highest BCUT2D eigenvalue weighted by molar-refractivity contribution is 4.92. The fraction of sp³-hybridized carbons (Fsp3) is 1.00. The Morgan fingerprint density at radius 2 is 1.44 bits per heavy atom. The lowest BCUT2D eigenvalue weighted by molar-refractivity contribution is 0.122. The third-order valence-electron chi connectivity index (χ3n) is 4.48. The van der Waals surface area contributed by atoms with Crippen LogP contribution in [-0.4, -0.2) is 23.3 Å². The number of rotatable bonds is 3. The predicted molar refractivity (Wildman–Crippen MR) is 67.5 cm³/mol. The summed E-state index contributed by atoms with van der Waals surface area (Å²) in [6, 6.07) is 0.680. The zero-order valence-electron chi connectivity index (χ0n) is 10.5. The molecule has 0 heterocycles. The second kappa shape index (κ2) is 6.02. The minimum absolute atomic E-state index is 0.0680. The Morgan fingerprint density at radius 1 is 0.875 bits per heavy atom. The van der Waals surface area contributed by atoms with Crippen molar-refractivity contribution in [1.82, 2.24) is 5.32 Å². The first-order valence-corrected chi connectivity index (χ1v) is 7.23. The van der Waals surface area contributed by atoms with Gasteiger partial charge in [0, 0.05) is 11.6 Å². The molecule has 2 nitrogen and oxygen atoms in total. The molecule has 2 heteroatoms. The molecule has 2 rings (SSSR count). The van der Waals surface area contributed by atoms with E-state index in [9.17, 15) is 5.11 Å². The number of hydrogen-bond donors (Lipinski definition) is 2. The van der Waals surface area contributed by atoms with E-state index in [2.05, 4.69) is 5.32 Å². The number of aliphatic hydroxyl groups is 1. The molecule has 0 aliphatic heterocycles. The summed E-state index contributed by atoms with van der Waals surface area (Å²) in [4.78, 5) is 0. The SMILES string of the molecule is OCC1(NC2CCCCC2)CCCCCC1. The Balaban J connectivity index is 1.90. The van der Waals surface area contributed by atoms with Crippen LogP contribution >= 0.6 is 0 Å². The first-order valence-electron chi connectivity index (χ1n) is 7.23. The van der Waals surface area contributed by atoms with Crippen LogP contribution in [0.25, 0.3) is 0 Å². The van der Waals surface area contributed by atoms with Gasteiger partial charge in [0.05, 0.1) is 6.61 Å². The van der Waals surface area contributed by atoms with Crippen LogP contribution in [0.5, 0.6) is 0 Å². The van der Waals surface area contributed by atoms with E-state index in [0.29, 0.717) is 12.6 Å². The maximum atomic E-state index is 9.73. The van der Waals surface area contributed by atoms with E-state index in [1.165, 1.54) is 70.6 Å². The van der Waals surface area contributed by atoms with Gasteiger partial charge in [0.2, 0.25) is 0 Å². The van der Waals surface area contributed by atoms with Gasteiger partial charge in [-0.05, 0) is 25.7 Å². The van der Waals surface area contributed by atoms with E-state index in [1.54, 1.807) is 0 Å². The molecule has 16 heavy (non-hydrogen) atoms. The summed E-state index contributed by atoms with van der Waals surface area (Å²) in [5.74, 6) is 0. The minimum Gasteiger partial charge on any atom is -0.394 e. The first-order chi connectivity index (χ1) is 7.85. The van der Waals surface area contributed by atoms with Gasteiger partial charge in [0.25, 0.3) is 0 Å². The maximum Gasteiger partial charge on any atom is 0.0613 e. The quantitative estimate of drug-likeness (QED) is 0.724. The predicted octanol–water partition coefficient (Wildman–Crippen LogP) is 2.99. The number of hydrogen-bond acceptors (Lipinski definition) is 2. The molecule has 0 radical (unpaired) electrons. The molecule has 0 aromatic carbocycles. The molecule has 0 amide bonds. The van der Waals surface area contributed by atoms with Crippen LogP contribution in [0.15, 0.2) is 0 Å². The molecule has 0 bridgehead atoms. The van der Waals surface area contributed by atoms with Gasteiger partial charge in [-0.25, -0.2) is 0 Å². The lowest BCUT2D eigenvalue weighted by Gasteiger charge is -2.38. The van der Waals surface area contributed by atoms with E-state index < -0.39 is 0 Å². The summed E-state index contributed by atoms with van der Waals surface area (Å²) in [5.41, 5.74) is 0.0680. The van der Waals surface area contributed by atoms with Crippen LogP contribution in [0.4, 0.5) is 0 Å². The van der Waals surface area contributed by atoms with Crippen molar-refractivity contribution in [2.24, 2.45) is 0 Å². The van der Waals surface area contributed by atoms with Gasteiger partial charge in [-0.1, -0.05) is 44.9 Å². The highest BCUT2D eigenvalue weighted by Crippen LogP contribution is 2.29. The van der Waals surface area contributed by atoms with E-state index in [-0.39, 0.29) is 5.54 Å². The van der Waals surface area contributed by atoms with E-state index in [4.69, 9.17) is 0 Å². The zero-order chi connectivity index (χ0) is 11.3. The molecule has 0 aromatic heterocycles. The summed E-state index contributed by atoms with van der Waals surface area (Å²) >= 11 is 0. The van der Waals surface area contributed by atoms with Crippen molar-refractivity contribution in [3.63, 3.8) is 0 Å². The number of aliphatic hydroxyl groups excluding tert-OH is 1. The van der Waals surface area contributed by atoms with Gasteiger partial charge in [0.1, 0.15) is 0 Å². The monoisotopic (exact) mass is 225 g/mol.